The van der Waals surface area contributed by atoms with Crippen molar-refractivity contribution >= 4 is 102 Å². The molecule has 25 heteroatoms. The molecule has 2 fully saturated rings. The Labute approximate surface area is 577 Å². The Morgan fingerprint density at radius 1 is 0.602 bits per heavy atom. The molecule has 24 nitrogen and oxygen atoms in total. The Morgan fingerprint density at radius 2 is 1.08 bits per heavy atom. The number of aromatic hydroxyl groups is 2. The number of nitrogens with zero attached hydrogens (tertiary/aromatic N) is 8. The zero-order chi connectivity index (χ0) is 70.6. The van der Waals surface area contributed by atoms with Crippen LogP contribution in [0.2, 0.25) is 0 Å². The third-order valence-electron chi connectivity index (χ3n) is 16.6. The van der Waals surface area contributed by atoms with E-state index in [-0.39, 0.29) is 35.0 Å². The van der Waals surface area contributed by atoms with Crippen molar-refractivity contribution in [2.24, 2.45) is 9.98 Å². The van der Waals surface area contributed by atoms with E-state index in [2.05, 4.69) is 46.2 Å². The van der Waals surface area contributed by atoms with Gasteiger partial charge in [-0.15, -0.1) is 0 Å². The second-order valence-corrected chi connectivity index (χ2v) is 24.0. The van der Waals surface area contributed by atoms with E-state index in [1.54, 1.807) is 88.7 Å². The second kappa shape index (κ2) is 35.5. The number of alkyl halides is 1. The number of rotatable bonds is 22. The van der Waals surface area contributed by atoms with Gasteiger partial charge in [0.1, 0.15) is 5.78 Å². The topological polar surface area (TPSA) is 283 Å². The van der Waals surface area contributed by atoms with E-state index in [4.69, 9.17) is 29.1 Å². The minimum absolute atomic E-state index is 0.0128. The van der Waals surface area contributed by atoms with E-state index in [0.29, 0.717) is 139 Å². The number of Topliss-reactive ketones (excluding diaryl/α,β-unsaturated/α-hetero) is 1. The SMILES string of the molecule is CCC(=O)CN1CCNCC1.CNC(=O)CN1CCN(CCON(C)C(=O)c2ccc(N=C(c3ccccc3)c3c(O)[nH]c4cc(C(=O)OC)c(C)cc34)cc2)CC1.COC(=O)c1cc2c(cc1C)c(C(=Nc1ccc(C(=O)N(C)OCCBr)cc1)c1ccccc1)c(O)n2C(C)=O. The summed E-state index contributed by atoms with van der Waals surface area (Å²) in [5.41, 5.74) is 8.10. The smallest absolute Gasteiger partial charge is 0.338 e. The number of aromatic amines is 1. The highest BCUT2D eigenvalue weighted by Crippen LogP contribution is 2.38. The van der Waals surface area contributed by atoms with E-state index in [1.165, 1.54) is 37.3 Å². The highest BCUT2D eigenvalue weighted by Gasteiger charge is 2.28. The average Bonchev–Trinajstić information content (AvgIpc) is 1.59. The van der Waals surface area contributed by atoms with Gasteiger partial charge in [0.05, 0.1) is 91.1 Å². The molecule has 2 saturated heterocycles. The number of likely N-dealkylation sites (N-methyl/N-ethyl adjacent to an activating group) is 1. The lowest BCUT2D eigenvalue weighted by Crippen LogP contribution is -2.50. The molecule has 516 valence electrons. The Bertz CT molecular complexity index is 4180. The molecule has 2 aliphatic heterocycles. The van der Waals surface area contributed by atoms with Gasteiger partial charge in [0.2, 0.25) is 17.7 Å². The molecule has 0 unspecified atom stereocenters. The largest absolute Gasteiger partial charge is 0.494 e. The van der Waals surface area contributed by atoms with Gasteiger partial charge in [0, 0.05) is 137 Å². The number of carbonyl (C=O) groups excluding carboxylic acids is 7. The van der Waals surface area contributed by atoms with Crippen molar-refractivity contribution in [3.8, 4) is 11.8 Å². The van der Waals surface area contributed by atoms with Crippen molar-refractivity contribution in [2.75, 3.05) is 126 Å². The molecule has 6 aromatic carbocycles. The van der Waals surface area contributed by atoms with Crippen molar-refractivity contribution in [1.29, 1.82) is 0 Å². The number of methoxy groups -OCH3 is 2. The number of benzene rings is 6. The van der Waals surface area contributed by atoms with Crippen molar-refractivity contribution in [2.45, 2.75) is 34.1 Å². The molecule has 0 aliphatic carbocycles. The summed E-state index contributed by atoms with van der Waals surface area (Å²) in [5, 5.41) is 32.6. The molecule has 3 amide bonds. The Hall–Kier alpha value is -9.73. The van der Waals surface area contributed by atoms with Gasteiger partial charge in [-0.3, -0.25) is 52.9 Å². The molecule has 5 N–H and O–H groups in total. The Morgan fingerprint density at radius 3 is 1.57 bits per heavy atom. The summed E-state index contributed by atoms with van der Waals surface area (Å²) >= 11 is 3.26. The number of aliphatic imine (C=N–C) groups is 2. The summed E-state index contributed by atoms with van der Waals surface area (Å²) in [7, 11) is 7.40. The van der Waals surface area contributed by atoms with Gasteiger partial charge < -0.3 is 35.3 Å². The number of hydrogen-bond donors (Lipinski definition) is 5. The number of fused-ring (bicyclic) bond motifs is 2. The summed E-state index contributed by atoms with van der Waals surface area (Å²) in [6, 6.07) is 39.0. The number of hydrogen-bond acceptors (Lipinski definition) is 19. The molecular formula is C73H84BrN11O13. The minimum atomic E-state index is -0.549. The van der Waals surface area contributed by atoms with Crippen molar-refractivity contribution in [1.82, 2.24) is 45.0 Å². The van der Waals surface area contributed by atoms with Crippen LogP contribution in [0.3, 0.4) is 0 Å². The summed E-state index contributed by atoms with van der Waals surface area (Å²) in [4.78, 5) is 116. The predicted octanol–water partition coefficient (Wildman–Crippen LogP) is 9.05. The molecule has 0 atom stereocenters. The monoisotopic (exact) mass is 1400 g/mol. The quantitative estimate of drug-likeness (QED) is 0.0183. The number of amides is 3. The van der Waals surface area contributed by atoms with Gasteiger partial charge >= 0.3 is 11.9 Å². The number of hydroxylamine groups is 4. The number of nitrogens with one attached hydrogen (secondary N) is 3. The number of halogens is 1. The summed E-state index contributed by atoms with van der Waals surface area (Å²) in [5.74, 6) is -2.06. The lowest BCUT2D eigenvalue weighted by atomic mass is 9.98. The summed E-state index contributed by atoms with van der Waals surface area (Å²) < 4.78 is 11.0. The second-order valence-electron chi connectivity index (χ2n) is 23.2. The van der Waals surface area contributed by atoms with Crippen molar-refractivity contribution in [3.63, 3.8) is 0 Å². The van der Waals surface area contributed by atoms with E-state index in [1.807, 2.05) is 80.6 Å². The first kappa shape index (κ1) is 74.1. The van der Waals surface area contributed by atoms with Crippen LogP contribution in [0.25, 0.3) is 21.8 Å². The first-order valence-corrected chi connectivity index (χ1v) is 33.2. The number of H-pyrrole nitrogens is 1. The maximum absolute atomic E-state index is 13.1. The number of ketones is 1. The van der Waals surface area contributed by atoms with Crippen LogP contribution in [0.5, 0.6) is 11.8 Å². The van der Waals surface area contributed by atoms with Crippen LogP contribution in [-0.4, -0.2) is 223 Å². The van der Waals surface area contributed by atoms with Crippen molar-refractivity contribution in [3.05, 3.63) is 189 Å². The van der Waals surface area contributed by atoms with Crippen LogP contribution >= 0.6 is 15.9 Å². The maximum atomic E-state index is 13.1. The van der Waals surface area contributed by atoms with E-state index in [9.17, 15) is 43.8 Å². The number of piperazine rings is 2. The van der Waals surface area contributed by atoms with Crippen LogP contribution in [0.4, 0.5) is 11.4 Å². The Balaban J connectivity index is 0.000000218. The highest BCUT2D eigenvalue weighted by atomic mass is 79.9. The fourth-order valence-corrected chi connectivity index (χ4v) is 11.3. The first-order valence-electron chi connectivity index (χ1n) is 32.1. The van der Waals surface area contributed by atoms with Crippen LogP contribution in [0.1, 0.15) is 99.9 Å². The lowest BCUT2D eigenvalue weighted by Gasteiger charge is -2.34. The third-order valence-corrected chi connectivity index (χ3v) is 16.9. The fraction of sp³-hybridized carbons (Fsp3) is 0.329. The first-order chi connectivity index (χ1) is 47.2. The zero-order valence-corrected chi connectivity index (χ0v) is 58.2. The fourth-order valence-electron chi connectivity index (χ4n) is 11.2. The van der Waals surface area contributed by atoms with Gasteiger partial charge in [0.15, 0.2) is 5.88 Å². The number of aryl methyl sites for hydroxylation is 2. The maximum Gasteiger partial charge on any atom is 0.338 e. The van der Waals surface area contributed by atoms with Crippen LogP contribution in [-0.2, 0) is 28.7 Å². The number of ether oxygens (including phenoxy) is 2. The molecule has 0 bridgehead atoms. The van der Waals surface area contributed by atoms with E-state index >= 15 is 0 Å². The molecule has 2 aromatic heterocycles. The van der Waals surface area contributed by atoms with E-state index < -0.39 is 17.8 Å². The molecule has 0 radical (unpaired) electrons. The normalized spacial score (nSPS) is 13.8. The number of esters is 2. The molecule has 2 aliphatic rings. The molecule has 0 spiro atoms. The Kier molecular flexibility index (Phi) is 26.8. The minimum Gasteiger partial charge on any atom is -0.494 e. The van der Waals surface area contributed by atoms with Crippen LogP contribution in [0, 0.1) is 13.8 Å². The van der Waals surface area contributed by atoms with Gasteiger partial charge in [-0.25, -0.2) is 29.7 Å². The predicted molar refractivity (Wildman–Crippen MR) is 380 cm³/mol. The molecule has 0 saturated carbocycles. The van der Waals surface area contributed by atoms with Crippen molar-refractivity contribution < 1.29 is 62.9 Å². The zero-order valence-electron chi connectivity index (χ0n) is 56.6. The number of carbonyl (C=O) groups is 7. The molecule has 4 heterocycles. The molecule has 10 rings (SSSR count). The van der Waals surface area contributed by atoms with Gasteiger partial charge in [-0.2, -0.15) is 0 Å². The summed E-state index contributed by atoms with van der Waals surface area (Å²) in [6.45, 7) is 16.6. The molecule has 98 heavy (non-hydrogen) atoms. The molecule has 8 aromatic rings. The third kappa shape index (κ3) is 18.9. The lowest BCUT2D eigenvalue weighted by molar-refractivity contribution is -0.123. The molecular weight excluding hydrogens is 1320 g/mol. The van der Waals surface area contributed by atoms with E-state index in [0.717, 1.165) is 62.5 Å². The number of aromatic nitrogens is 2. The van der Waals surface area contributed by atoms with Gasteiger partial charge in [0.25, 0.3) is 11.8 Å². The van der Waals surface area contributed by atoms with Gasteiger partial charge in [-0.1, -0.05) is 83.5 Å². The van der Waals surface area contributed by atoms with Crippen LogP contribution < -0.4 is 10.6 Å². The standard InChI is InChI=1S/C35H40N6O6.C30H28BrN3O6.C8H16N2O/c1-23-20-28-29(21-27(23)35(45)46-4)38-33(43)31(28)32(24-8-6-5-7-9-24)37-26-12-10-25(11-13-26)34(44)39(3)47-19-18-40-14-16-41(17-15-40)22-30(42)36-2;1-18-16-24-25(17-23(18)30(38)39-4)34(19(2)35)29(37)26(24)27(20-8-6-5-7-9-20)32-22-12-10-21(11-13-22)28(36)33(3)40-15-14-31;1-2-8(11)7-10-5-3-9-4-6-10/h5-13,20-21,38,43H,14-19,22H2,1-4H3,(H,36,42);5-13,16-17,37H,14-15H2,1-4H3;9H,2-7H2,1H3. The van der Waals surface area contributed by atoms with Gasteiger partial charge in [-0.05, 0) is 97.8 Å². The van der Waals surface area contributed by atoms with Crippen LogP contribution in [0.15, 0.2) is 143 Å². The highest BCUT2D eigenvalue weighted by molar-refractivity contribution is 9.09. The summed E-state index contributed by atoms with van der Waals surface area (Å²) in [6.07, 6.45) is 0.671. The average molecular weight is 1400 g/mol.